The molecule has 0 atom stereocenters. The lowest BCUT2D eigenvalue weighted by molar-refractivity contribution is 0.0729. The highest BCUT2D eigenvalue weighted by Crippen LogP contribution is 2.32. The molecule has 0 spiro atoms. The smallest absolute Gasteiger partial charge is 0.191 e. The highest BCUT2D eigenvalue weighted by molar-refractivity contribution is 5.79. The van der Waals surface area contributed by atoms with Gasteiger partial charge in [-0.3, -0.25) is 0 Å². The summed E-state index contributed by atoms with van der Waals surface area (Å²) < 4.78 is 0. The molecule has 92 valence electrons. The van der Waals surface area contributed by atoms with E-state index in [0.29, 0.717) is 17.9 Å². The normalized spacial score (nSPS) is 18.9. The maximum atomic E-state index is 5.98. The Morgan fingerprint density at radius 3 is 2.59 bits per heavy atom. The predicted molar refractivity (Wildman–Crippen MR) is 71.7 cm³/mol. The van der Waals surface area contributed by atoms with Crippen molar-refractivity contribution in [2.45, 2.75) is 26.8 Å². The Labute approximate surface area is 103 Å². The molecule has 0 saturated carbocycles. The second-order valence-corrected chi connectivity index (χ2v) is 5.18. The fraction of sp³-hybridized carbons (Fsp3) is 0.500. The molecule has 0 aliphatic carbocycles. The van der Waals surface area contributed by atoms with Gasteiger partial charge in [0.15, 0.2) is 5.96 Å². The molecule has 2 rings (SSSR count). The molecular weight excluding hydrogens is 210 g/mol. The van der Waals surface area contributed by atoms with Gasteiger partial charge in [0.25, 0.3) is 0 Å². The first-order chi connectivity index (χ1) is 8.13. The molecular formula is C14H21N3. The summed E-state index contributed by atoms with van der Waals surface area (Å²) in [5.41, 5.74) is 7.62. The number of guanidine groups is 1. The highest BCUT2D eigenvalue weighted by Gasteiger charge is 2.37. The van der Waals surface area contributed by atoms with E-state index in [4.69, 9.17) is 5.73 Å². The number of rotatable bonds is 3. The molecule has 3 heteroatoms. The van der Waals surface area contributed by atoms with Crippen molar-refractivity contribution in [3.63, 3.8) is 0 Å². The van der Waals surface area contributed by atoms with E-state index in [-0.39, 0.29) is 0 Å². The van der Waals surface area contributed by atoms with Crippen LogP contribution in [0.15, 0.2) is 35.3 Å². The van der Waals surface area contributed by atoms with Crippen LogP contribution in [0.5, 0.6) is 0 Å². The molecule has 2 N–H and O–H groups in total. The Morgan fingerprint density at radius 1 is 1.35 bits per heavy atom. The summed E-state index contributed by atoms with van der Waals surface area (Å²) in [5.74, 6) is 0.680. The third kappa shape index (κ3) is 2.78. The fourth-order valence-electron chi connectivity index (χ4n) is 2.12. The van der Waals surface area contributed by atoms with Gasteiger partial charge in [-0.2, -0.15) is 0 Å². The van der Waals surface area contributed by atoms with E-state index in [0.717, 1.165) is 13.1 Å². The van der Waals surface area contributed by atoms with Crippen molar-refractivity contribution in [3.8, 4) is 0 Å². The molecule has 1 aliphatic heterocycles. The summed E-state index contributed by atoms with van der Waals surface area (Å²) in [4.78, 5) is 6.60. The van der Waals surface area contributed by atoms with Crippen molar-refractivity contribution in [1.29, 1.82) is 0 Å². The quantitative estimate of drug-likeness (QED) is 0.640. The molecule has 17 heavy (non-hydrogen) atoms. The van der Waals surface area contributed by atoms with E-state index in [1.54, 1.807) is 0 Å². The van der Waals surface area contributed by atoms with Gasteiger partial charge in [-0.15, -0.1) is 0 Å². The van der Waals surface area contributed by atoms with Crippen LogP contribution in [0.4, 0.5) is 0 Å². The van der Waals surface area contributed by atoms with Crippen molar-refractivity contribution in [3.05, 3.63) is 35.9 Å². The lowest BCUT2D eigenvalue weighted by Gasteiger charge is -2.48. The van der Waals surface area contributed by atoms with Gasteiger partial charge < -0.3 is 10.6 Å². The Kier molecular flexibility index (Phi) is 3.36. The Hall–Kier alpha value is -1.51. The van der Waals surface area contributed by atoms with Crippen molar-refractivity contribution in [1.82, 2.24) is 4.90 Å². The third-order valence-corrected chi connectivity index (χ3v) is 3.59. The molecule has 1 aromatic rings. The topological polar surface area (TPSA) is 41.6 Å². The van der Waals surface area contributed by atoms with Gasteiger partial charge in [-0.05, 0) is 12.0 Å². The Morgan fingerprint density at radius 2 is 2.00 bits per heavy atom. The number of likely N-dealkylation sites (tertiary alicyclic amines) is 1. The van der Waals surface area contributed by atoms with Crippen LogP contribution in [0.3, 0.4) is 0 Å². The average molecular weight is 231 g/mol. The van der Waals surface area contributed by atoms with E-state index in [9.17, 15) is 0 Å². The molecule has 0 unspecified atom stereocenters. The summed E-state index contributed by atoms with van der Waals surface area (Å²) >= 11 is 0. The molecule has 1 aromatic carbocycles. The van der Waals surface area contributed by atoms with Crippen LogP contribution in [0, 0.1) is 5.41 Å². The van der Waals surface area contributed by atoms with Crippen molar-refractivity contribution < 1.29 is 0 Å². The second kappa shape index (κ2) is 4.78. The zero-order valence-corrected chi connectivity index (χ0v) is 10.7. The number of hydrogen-bond acceptors (Lipinski definition) is 1. The average Bonchev–Trinajstić information content (AvgIpc) is 2.33. The summed E-state index contributed by atoms with van der Waals surface area (Å²) in [5, 5.41) is 0. The Bertz CT molecular complexity index is 391. The first-order valence-electron chi connectivity index (χ1n) is 6.22. The molecule has 0 radical (unpaired) electrons. The van der Waals surface area contributed by atoms with Crippen LogP contribution in [-0.4, -0.2) is 23.9 Å². The molecule has 0 bridgehead atoms. The summed E-state index contributed by atoms with van der Waals surface area (Å²) in [6, 6.07) is 10.2. The second-order valence-electron chi connectivity index (χ2n) is 5.18. The number of aliphatic imine (C=N–C) groups is 1. The van der Waals surface area contributed by atoms with Crippen LogP contribution in [0.1, 0.15) is 25.8 Å². The minimum absolute atomic E-state index is 0.437. The predicted octanol–water partition coefficient (Wildman–Crippen LogP) is 2.23. The standard InChI is InChI=1S/C14H21N3/c1-3-14(2)10-17(11-14)13(15)16-9-12-7-5-4-6-8-12/h4-8H,3,9-11H2,1-2H3,(H2,15,16). The summed E-state index contributed by atoms with van der Waals surface area (Å²) in [6.07, 6.45) is 1.20. The van der Waals surface area contributed by atoms with Crippen LogP contribution >= 0.6 is 0 Å². The van der Waals surface area contributed by atoms with Gasteiger partial charge >= 0.3 is 0 Å². The zero-order chi connectivity index (χ0) is 12.3. The maximum absolute atomic E-state index is 5.98. The lowest BCUT2D eigenvalue weighted by Crippen LogP contribution is -2.58. The maximum Gasteiger partial charge on any atom is 0.191 e. The summed E-state index contributed by atoms with van der Waals surface area (Å²) in [7, 11) is 0. The zero-order valence-electron chi connectivity index (χ0n) is 10.7. The van der Waals surface area contributed by atoms with Gasteiger partial charge in [0, 0.05) is 18.5 Å². The first kappa shape index (κ1) is 12.0. The minimum atomic E-state index is 0.437. The third-order valence-electron chi connectivity index (χ3n) is 3.59. The van der Waals surface area contributed by atoms with E-state index in [1.807, 2.05) is 18.2 Å². The largest absolute Gasteiger partial charge is 0.370 e. The van der Waals surface area contributed by atoms with E-state index in [2.05, 4.69) is 35.9 Å². The lowest BCUT2D eigenvalue weighted by atomic mass is 9.80. The number of nitrogens with two attached hydrogens (primary N) is 1. The van der Waals surface area contributed by atoms with Gasteiger partial charge in [-0.1, -0.05) is 44.2 Å². The molecule has 1 aliphatic rings. The SMILES string of the molecule is CCC1(C)CN(C(N)=NCc2ccccc2)C1. The minimum Gasteiger partial charge on any atom is -0.370 e. The van der Waals surface area contributed by atoms with Crippen LogP contribution in [0.25, 0.3) is 0 Å². The van der Waals surface area contributed by atoms with Crippen LogP contribution in [0.2, 0.25) is 0 Å². The van der Waals surface area contributed by atoms with Crippen LogP contribution < -0.4 is 5.73 Å². The molecule has 0 amide bonds. The van der Waals surface area contributed by atoms with Gasteiger partial charge in [0.05, 0.1) is 6.54 Å². The number of hydrogen-bond donors (Lipinski definition) is 1. The molecule has 1 fully saturated rings. The summed E-state index contributed by atoms with van der Waals surface area (Å²) in [6.45, 7) is 7.27. The van der Waals surface area contributed by atoms with Crippen molar-refractivity contribution in [2.75, 3.05) is 13.1 Å². The molecule has 1 heterocycles. The highest BCUT2D eigenvalue weighted by atomic mass is 15.3. The van der Waals surface area contributed by atoms with E-state index < -0.39 is 0 Å². The van der Waals surface area contributed by atoms with Gasteiger partial charge in [-0.25, -0.2) is 4.99 Å². The van der Waals surface area contributed by atoms with Gasteiger partial charge in [0.1, 0.15) is 0 Å². The van der Waals surface area contributed by atoms with Crippen LogP contribution in [-0.2, 0) is 6.54 Å². The number of benzene rings is 1. The number of nitrogens with zero attached hydrogens (tertiary/aromatic N) is 2. The molecule has 0 aromatic heterocycles. The van der Waals surface area contributed by atoms with Crippen molar-refractivity contribution >= 4 is 5.96 Å². The van der Waals surface area contributed by atoms with Gasteiger partial charge in [0.2, 0.25) is 0 Å². The first-order valence-corrected chi connectivity index (χ1v) is 6.22. The fourth-order valence-corrected chi connectivity index (χ4v) is 2.12. The molecule has 1 saturated heterocycles. The molecule has 3 nitrogen and oxygen atoms in total. The van der Waals surface area contributed by atoms with E-state index >= 15 is 0 Å². The van der Waals surface area contributed by atoms with E-state index in [1.165, 1.54) is 12.0 Å². The van der Waals surface area contributed by atoms with Crippen molar-refractivity contribution in [2.24, 2.45) is 16.1 Å². The monoisotopic (exact) mass is 231 g/mol. The Balaban J connectivity index is 1.87.